The van der Waals surface area contributed by atoms with Crippen molar-refractivity contribution in [3.63, 3.8) is 0 Å². The van der Waals surface area contributed by atoms with Crippen LogP contribution in [-0.2, 0) is 13.6 Å². The van der Waals surface area contributed by atoms with Crippen LogP contribution in [0.1, 0.15) is 12.6 Å². The van der Waals surface area contributed by atoms with Crippen molar-refractivity contribution in [2.24, 2.45) is 7.05 Å². The van der Waals surface area contributed by atoms with Crippen LogP contribution in [0.4, 0.5) is 0 Å². The monoisotopic (exact) mass is 233 g/mol. The van der Waals surface area contributed by atoms with E-state index in [1.165, 1.54) is 0 Å². The van der Waals surface area contributed by atoms with Crippen LogP contribution in [-0.4, -0.2) is 26.3 Å². The molecule has 0 aliphatic carbocycles. The van der Waals surface area contributed by atoms with E-state index in [0.717, 1.165) is 18.8 Å². The Labute approximate surface area is 99.7 Å². The fourth-order valence-corrected chi connectivity index (χ4v) is 1.34. The van der Waals surface area contributed by atoms with Crippen molar-refractivity contribution in [2.75, 3.05) is 6.54 Å². The molecule has 0 aliphatic heterocycles. The average Bonchev–Trinajstić information content (AvgIpc) is 2.73. The minimum atomic E-state index is 0.341. The van der Waals surface area contributed by atoms with E-state index in [2.05, 4.69) is 27.3 Å². The number of hydrogen-bond acceptors (Lipinski definition) is 5. The number of hydrogen-bond donors (Lipinski definition) is 1. The standard InChI is InChI=1S/C11H15N5O/c1-3-12-7-9-6-10(4-5-13-9)17-11-14-8-16(2)15-11/h4-6,8,12H,3,7H2,1-2H3. The van der Waals surface area contributed by atoms with E-state index in [0.29, 0.717) is 11.8 Å². The van der Waals surface area contributed by atoms with Gasteiger partial charge in [-0.15, -0.1) is 5.10 Å². The second-order valence-electron chi connectivity index (χ2n) is 3.57. The van der Waals surface area contributed by atoms with Gasteiger partial charge in [0, 0.05) is 25.9 Å². The van der Waals surface area contributed by atoms with Gasteiger partial charge in [-0.05, 0) is 12.6 Å². The second kappa shape index (κ2) is 5.40. The summed E-state index contributed by atoms with van der Waals surface area (Å²) in [5.41, 5.74) is 0.931. The normalized spacial score (nSPS) is 10.5. The lowest BCUT2D eigenvalue weighted by molar-refractivity contribution is 0.437. The molecule has 0 amide bonds. The Balaban J connectivity index is 2.05. The Morgan fingerprint density at radius 2 is 2.29 bits per heavy atom. The smallest absolute Gasteiger partial charge is 0.340 e. The number of pyridine rings is 1. The molecule has 2 aromatic rings. The van der Waals surface area contributed by atoms with E-state index in [1.54, 1.807) is 30.3 Å². The van der Waals surface area contributed by atoms with E-state index in [-0.39, 0.29) is 0 Å². The molecule has 0 bridgehead atoms. The Kier molecular flexibility index (Phi) is 3.66. The molecule has 2 heterocycles. The van der Waals surface area contributed by atoms with Gasteiger partial charge in [-0.1, -0.05) is 6.92 Å². The molecule has 2 rings (SSSR count). The Hall–Kier alpha value is -1.95. The molecule has 6 heteroatoms. The van der Waals surface area contributed by atoms with Crippen molar-refractivity contribution in [3.05, 3.63) is 30.4 Å². The van der Waals surface area contributed by atoms with Crippen molar-refractivity contribution in [2.45, 2.75) is 13.5 Å². The molecule has 2 aromatic heterocycles. The number of aromatic nitrogens is 4. The minimum absolute atomic E-state index is 0.341. The fraction of sp³-hybridized carbons (Fsp3) is 0.364. The topological polar surface area (TPSA) is 64.9 Å². The highest BCUT2D eigenvalue weighted by atomic mass is 16.5. The van der Waals surface area contributed by atoms with E-state index < -0.39 is 0 Å². The molecule has 0 unspecified atom stereocenters. The van der Waals surface area contributed by atoms with Crippen molar-refractivity contribution in [1.82, 2.24) is 25.1 Å². The molecule has 0 fully saturated rings. The first kappa shape index (κ1) is 11.5. The third kappa shape index (κ3) is 3.25. The van der Waals surface area contributed by atoms with E-state index in [4.69, 9.17) is 4.74 Å². The number of nitrogens with zero attached hydrogens (tertiary/aromatic N) is 4. The molecule has 1 N–H and O–H groups in total. The zero-order chi connectivity index (χ0) is 12.1. The van der Waals surface area contributed by atoms with Gasteiger partial charge in [0.15, 0.2) is 0 Å². The van der Waals surface area contributed by atoms with Crippen LogP contribution in [0.25, 0.3) is 0 Å². The summed E-state index contributed by atoms with van der Waals surface area (Å²) in [6.07, 6.45) is 3.31. The predicted octanol–water partition coefficient (Wildman–Crippen LogP) is 1.11. The molecule has 0 radical (unpaired) electrons. The van der Waals surface area contributed by atoms with Crippen LogP contribution >= 0.6 is 0 Å². The number of aryl methyl sites for hydroxylation is 1. The molecule has 0 spiro atoms. The first-order valence-electron chi connectivity index (χ1n) is 5.47. The number of ether oxygens (including phenoxy) is 1. The molecule has 0 saturated carbocycles. The third-order valence-electron chi connectivity index (χ3n) is 2.13. The highest BCUT2D eigenvalue weighted by Gasteiger charge is 2.03. The predicted molar refractivity (Wildman–Crippen MR) is 62.7 cm³/mol. The summed E-state index contributed by atoms with van der Waals surface area (Å²) in [5, 5.41) is 7.25. The van der Waals surface area contributed by atoms with Gasteiger partial charge < -0.3 is 10.1 Å². The van der Waals surface area contributed by atoms with Crippen molar-refractivity contribution in [3.8, 4) is 11.8 Å². The highest BCUT2D eigenvalue weighted by Crippen LogP contribution is 2.17. The maximum atomic E-state index is 5.51. The van der Waals surface area contributed by atoms with E-state index in [9.17, 15) is 0 Å². The summed E-state index contributed by atoms with van der Waals surface area (Å²) in [7, 11) is 1.79. The van der Waals surface area contributed by atoms with Gasteiger partial charge in [0.25, 0.3) is 0 Å². The largest absolute Gasteiger partial charge is 0.423 e. The van der Waals surface area contributed by atoms with Crippen LogP contribution in [0.5, 0.6) is 11.8 Å². The van der Waals surface area contributed by atoms with E-state index >= 15 is 0 Å². The van der Waals surface area contributed by atoms with Crippen LogP contribution in [0.3, 0.4) is 0 Å². The molecule has 0 atom stereocenters. The van der Waals surface area contributed by atoms with Gasteiger partial charge in [-0.2, -0.15) is 4.98 Å². The fourth-order valence-electron chi connectivity index (χ4n) is 1.34. The molecule has 0 saturated heterocycles. The average molecular weight is 233 g/mol. The van der Waals surface area contributed by atoms with Crippen molar-refractivity contribution >= 4 is 0 Å². The summed E-state index contributed by atoms with van der Waals surface area (Å²) in [6, 6.07) is 4.00. The summed E-state index contributed by atoms with van der Waals surface area (Å²) in [6.45, 7) is 3.69. The van der Waals surface area contributed by atoms with Crippen LogP contribution < -0.4 is 10.1 Å². The molecule has 6 nitrogen and oxygen atoms in total. The van der Waals surface area contributed by atoms with Crippen LogP contribution in [0.2, 0.25) is 0 Å². The van der Waals surface area contributed by atoms with Crippen LogP contribution in [0.15, 0.2) is 24.7 Å². The van der Waals surface area contributed by atoms with Gasteiger partial charge >= 0.3 is 6.01 Å². The minimum Gasteiger partial charge on any atom is -0.423 e. The van der Waals surface area contributed by atoms with Crippen molar-refractivity contribution in [1.29, 1.82) is 0 Å². The number of rotatable bonds is 5. The second-order valence-corrected chi connectivity index (χ2v) is 3.57. The molecule has 0 aromatic carbocycles. The molecular formula is C11H15N5O. The maximum absolute atomic E-state index is 5.51. The summed E-state index contributed by atoms with van der Waals surface area (Å²) >= 11 is 0. The van der Waals surface area contributed by atoms with Gasteiger partial charge in [0.2, 0.25) is 0 Å². The van der Waals surface area contributed by atoms with Gasteiger partial charge in [-0.25, -0.2) is 0 Å². The molecular weight excluding hydrogens is 218 g/mol. The Bertz CT molecular complexity index is 482. The van der Waals surface area contributed by atoms with Gasteiger partial charge in [0.1, 0.15) is 12.1 Å². The maximum Gasteiger partial charge on any atom is 0.340 e. The third-order valence-corrected chi connectivity index (χ3v) is 2.13. The lowest BCUT2D eigenvalue weighted by Gasteiger charge is -2.04. The zero-order valence-electron chi connectivity index (χ0n) is 9.92. The lowest BCUT2D eigenvalue weighted by Crippen LogP contribution is -2.12. The summed E-state index contributed by atoms with van der Waals surface area (Å²) in [5.74, 6) is 0.694. The summed E-state index contributed by atoms with van der Waals surface area (Å²) < 4.78 is 7.10. The summed E-state index contributed by atoms with van der Waals surface area (Å²) in [4.78, 5) is 8.23. The molecule has 17 heavy (non-hydrogen) atoms. The Morgan fingerprint density at radius 3 is 3.00 bits per heavy atom. The number of nitrogens with one attached hydrogen (secondary N) is 1. The Morgan fingerprint density at radius 1 is 1.41 bits per heavy atom. The SMILES string of the molecule is CCNCc1cc(Oc2ncn(C)n2)ccn1. The highest BCUT2D eigenvalue weighted by molar-refractivity contribution is 5.25. The zero-order valence-corrected chi connectivity index (χ0v) is 9.92. The van der Waals surface area contributed by atoms with Crippen LogP contribution in [0, 0.1) is 0 Å². The quantitative estimate of drug-likeness (QED) is 0.838. The van der Waals surface area contributed by atoms with E-state index in [1.807, 2.05) is 6.07 Å². The van der Waals surface area contributed by atoms with Gasteiger partial charge in [0.05, 0.1) is 5.69 Å². The molecule has 0 aliphatic rings. The first-order valence-corrected chi connectivity index (χ1v) is 5.47. The van der Waals surface area contributed by atoms with Crippen molar-refractivity contribution < 1.29 is 4.74 Å². The first-order chi connectivity index (χ1) is 8.28. The molecule has 90 valence electrons. The van der Waals surface area contributed by atoms with Gasteiger partial charge in [-0.3, -0.25) is 9.67 Å². The lowest BCUT2D eigenvalue weighted by atomic mass is 10.3.